The van der Waals surface area contributed by atoms with E-state index in [9.17, 15) is 0 Å². The summed E-state index contributed by atoms with van der Waals surface area (Å²) in [6.07, 6.45) is 7.37. The van der Waals surface area contributed by atoms with Crippen LogP contribution < -0.4 is 0 Å². The number of hydrogen-bond acceptors (Lipinski definition) is 2. The molecule has 0 bridgehead atoms. The monoisotopic (exact) mass is 211 g/mol. The molecule has 0 aromatic heterocycles. The van der Waals surface area contributed by atoms with Crippen molar-refractivity contribution in [1.82, 2.24) is 0 Å². The van der Waals surface area contributed by atoms with E-state index >= 15 is 0 Å². The van der Waals surface area contributed by atoms with Crippen LogP contribution in [0, 0.1) is 5.92 Å². The summed E-state index contributed by atoms with van der Waals surface area (Å²) >= 11 is 0. The Morgan fingerprint density at radius 1 is 1.40 bits per heavy atom. The lowest BCUT2D eigenvalue weighted by atomic mass is 9.96. The summed E-state index contributed by atoms with van der Waals surface area (Å²) in [5.41, 5.74) is 0. The van der Waals surface area contributed by atoms with Crippen LogP contribution in [0.3, 0.4) is 0 Å². The van der Waals surface area contributed by atoms with Crippen LogP contribution in [0.1, 0.15) is 59.3 Å². The molecular weight excluding hydrogens is 186 g/mol. The minimum absolute atomic E-state index is 0.434. The summed E-state index contributed by atoms with van der Waals surface area (Å²) in [6.45, 7) is 7.52. The number of ether oxygens (including phenoxy) is 1. The zero-order valence-corrected chi connectivity index (χ0v) is 10.5. The van der Waals surface area contributed by atoms with Crippen molar-refractivity contribution < 1.29 is 4.74 Å². The van der Waals surface area contributed by atoms with Crippen LogP contribution in [0.5, 0.6) is 0 Å². The molecule has 0 spiro atoms. The number of rotatable bonds is 7. The Hall–Kier alpha value is -0.530. The Bertz CT molecular complexity index is 201. The maximum atomic E-state index is 5.62. The average Bonchev–Trinajstić information content (AvgIpc) is 2.71. The Balaban J connectivity index is 2.32. The molecule has 0 aliphatic carbocycles. The molecule has 1 rings (SSSR count). The third-order valence-corrected chi connectivity index (χ3v) is 3.25. The zero-order valence-electron chi connectivity index (χ0n) is 10.5. The van der Waals surface area contributed by atoms with Crippen LogP contribution in [0.2, 0.25) is 0 Å². The Morgan fingerprint density at radius 3 is 2.73 bits per heavy atom. The van der Waals surface area contributed by atoms with Crippen molar-refractivity contribution in [2.75, 3.05) is 6.61 Å². The van der Waals surface area contributed by atoms with Gasteiger partial charge in [-0.15, -0.1) is 0 Å². The van der Waals surface area contributed by atoms with Crippen LogP contribution in [-0.4, -0.2) is 18.5 Å². The predicted octanol–water partition coefficient (Wildman–Crippen LogP) is 3.80. The third-order valence-electron chi connectivity index (χ3n) is 3.25. The van der Waals surface area contributed by atoms with E-state index in [0.29, 0.717) is 6.04 Å². The molecule has 0 saturated heterocycles. The summed E-state index contributed by atoms with van der Waals surface area (Å²) in [5, 5.41) is 0. The molecule has 0 amide bonds. The largest absolute Gasteiger partial charge is 0.479 e. The van der Waals surface area contributed by atoms with Gasteiger partial charge in [-0.05, 0) is 18.8 Å². The van der Waals surface area contributed by atoms with Gasteiger partial charge in [-0.1, -0.05) is 40.0 Å². The Labute approximate surface area is 94.1 Å². The van der Waals surface area contributed by atoms with E-state index in [4.69, 9.17) is 4.74 Å². The second kappa shape index (κ2) is 6.86. The molecule has 0 fully saturated rings. The van der Waals surface area contributed by atoms with Crippen molar-refractivity contribution in [2.24, 2.45) is 10.9 Å². The smallest absolute Gasteiger partial charge is 0.183 e. The minimum Gasteiger partial charge on any atom is -0.479 e. The highest BCUT2D eigenvalue weighted by Crippen LogP contribution is 2.20. The quantitative estimate of drug-likeness (QED) is 0.627. The van der Waals surface area contributed by atoms with Gasteiger partial charge in [-0.3, -0.25) is 0 Å². The van der Waals surface area contributed by atoms with Gasteiger partial charge in [0.2, 0.25) is 0 Å². The van der Waals surface area contributed by atoms with Crippen molar-refractivity contribution in [3.05, 3.63) is 0 Å². The second-order valence-electron chi connectivity index (χ2n) is 4.52. The fourth-order valence-electron chi connectivity index (χ4n) is 1.98. The van der Waals surface area contributed by atoms with Gasteiger partial charge >= 0.3 is 0 Å². The van der Waals surface area contributed by atoms with E-state index in [1.807, 2.05) is 0 Å². The van der Waals surface area contributed by atoms with Crippen molar-refractivity contribution in [3.63, 3.8) is 0 Å². The molecule has 1 heterocycles. The molecular formula is C13H25NO. The molecule has 1 aliphatic heterocycles. The van der Waals surface area contributed by atoms with Crippen molar-refractivity contribution in [3.8, 4) is 0 Å². The number of nitrogens with zero attached hydrogens (tertiary/aromatic N) is 1. The van der Waals surface area contributed by atoms with Gasteiger partial charge in [0, 0.05) is 6.42 Å². The van der Waals surface area contributed by atoms with E-state index in [0.717, 1.165) is 31.3 Å². The first-order valence-corrected chi connectivity index (χ1v) is 6.49. The van der Waals surface area contributed by atoms with Crippen molar-refractivity contribution in [2.45, 2.75) is 65.3 Å². The van der Waals surface area contributed by atoms with E-state index in [-0.39, 0.29) is 0 Å². The Kier molecular flexibility index (Phi) is 5.74. The summed E-state index contributed by atoms with van der Waals surface area (Å²) < 4.78 is 5.62. The first-order chi connectivity index (χ1) is 7.30. The van der Waals surface area contributed by atoms with Gasteiger partial charge in [-0.2, -0.15) is 0 Å². The molecule has 1 aliphatic rings. The average molecular weight is 211 g/mol. The number of aliphatic imine (C=N–C) groups is 1. The molecule has 0 saturated carbocycles. The number of unbranched alkanes of at least 4 members (excludes halogenated alkanes) is 1. The topological polar surface area (TPSA) is 21.6 Å². The highest BCUT2D eigenvalue weighted by atomic mass is 16.5. The first-order valence-electron chi connectivity index (χ1n) is 6.49. The highest BCUT2D eigenvalue weighted by molar-refractivity contribution is 5.77. The second-order valence-corrected chi connectivity index (χ2v) is 4.52. The van der Waals surface area contributed by atoms with Gasteiger partial charge < -0.3 is 4.74 Å². The van der Waals surface area contributed by atoms with Crippen LogP contribution in [-0.2, 0) is 4.74 Å². The molecule has 0 N–H and O–H groups in total. The summed E-state index contributed by atoms with van der Waals surface area (Å²) in [7, 11) is 0. The molecule has 88 valence electrons. The normalized spacial score (nSPS) is 22.3. The Morgan fingerprint density at radius 2 is 2.20 bits per heavy atom. The van der Waals surface area contributed by atoms with Gasteiger partial charge in [0.05, 0.1) is 6.04 Å². The zero-order chi connectivity index (χ0) is 11.1. The van der Waals surface area contributed by atoms with Crippen molar-refractivity contribution >= 4 is 5.90 Å². The molecule has 0 radical (unpaired) electrons. The summed E-state index contributed by atoms with van der Waals surface area (Å²) in [6, 6.07) is 0.434. The lowest BCUT2D eigenvalue weighted by Gasteiger charge is -2.13. The lowest BCUT2D eigenvalue weighted by Crippen LogP contribution is -2.08. The molecule has 2 heteroatoms. The van der Waals surface area contributed by atoms with Crippen LogP contribution in [0.4, 0.5) is 0 Å². The third kappa shape index (κ3) is 4.23. The fourth-order valence-corrected chi connectivity index (χ4v) is 1.98. The molecule has 0 aromatic rings. The van der Waals surface area contributed by atoms with Gasteiger partial charge in [0.1, 0.15) is 6.61 Å². The lowest BCUT2D eigenvalue weighted by molar-refractivity contribution is 0.297. The first kappa shape index (κ1) is 12.5. The molecule has 0 aromatic carbocycles. The van der Waals surface area contributed by atoms with Gasteiger partial charge in [-0.25, -0.2) is 4.99 Å². The van der Waals surface area contributed by atoms with Crippen LogP contribution in [0.25, 0.3) is 0 Å². The maximum Gasteiger partial charge on any atom is 0.183 e. The van der Waals surface area contributed by atoms with E-state index in [2.05, 4.69) is 25.8 Å². The number of hydrogen-bond donors (Lipinski definition) is 0. The van der Waals surface area contributed by atoms with Gasteiger partial charge in [0.15, 0.2) is 5.90 Å². The molecule has 2 atom stereocenters. The van der Waals surface area contributed by atoms with E-state index < -0.39 is 0 Å². The molecule has 2 unspecified atom stereocenters. The maximum absolute atomic E-state index is 5.62. The molecule has 15 heavy (non-hydrogen) atoms. The predicted molar refractivity (Wildman–Crippen MR) is 65.4 cm³/mol. The molecule has 2 nitrogen and oxygen atoms in total. The summed E-state index contributed by atoms with van der Waals surface area (Å²) in [4.78, 5) is 4.60. The van der Waals surface area contributed by atoms with Crippen LogP contribution in [0.15, 0.2) is 4.99 Å². The minimum atomic E-state index is 0.434. The SMILES string of the molecule is CCCCC(CC)CC1=NC(CC)CO1. The highest BCUT2D eigenvalue weighted by Gasteiger charge is 2.19. The van der Waals surface area contributed by atoms with Crippen LogP contribution >= 0.6 is 0 Å². The van der Waals surface area contributed by atoms with Gasteiger partial charge in [0.25, 0.3) is 0 Å². The standard InChI is InChI=1S/C13H25NO/c1-4-7-8-11(5-2)9-13-14-12(6-3)10-15-13/h11-12H,4-10H2,1-3H3. The van der Waals surface area contributed by atoms with Crippen molar-refractivity contribution in [1.29, 1.82) is 0 Å². The summed E-state index contributed by atoms with van der Waals surface area (Å²) in [5.74, 6) is 1.80. The van der Waals surface area contributed by atoms with E-state index in [1.54, 1.807) is 0 Å². The fraction of sp³-hybridized carbons (Fsp3) is 0.923. The van der Waals surface area contributed by atoms with E-state index in [1.165, 1.54) is 25.7 Å².